The normalized spacial score (nSPS) is 23.6. The zero-order chi connectivity index (χ0) is 18.5. The van der Waals surface area contributed by atoms with Crippen LogP contribution in [0.2, 0.25) is 0 Å². The van der Waals surface area contributed by atoms with E-state index in [9.17, 15) is 14.4 Å². The number of piperidine rings is 2. The minimum Gasteiger partial charge on any atom is -0.466 e. The molecule has 3 heterocycles. The number of carbonyl (C=O) groups excluding carboxylic acids is 3. The summed E-state index contributed by atoms with van der Waals surface area (Å²) in [5, 5.41) is 1.89. The molecule has 0 N–H and O–H groups in total. The predicted molar refractivity (Wildman–Crippen MR) is 98.9 cm³/mol. The highest BCUT2D eigenvalue weighted by atomic mass is 32.1. The summed E-state index contributed by atoms with van der Waals surface area (Å²) in [6.07, 6.45) is 3.23. The van der Waals surface area contributed by atoms with Gasteiger partial charge >= 0.3 is 5.97 Å². The minimum absolute atomic E-state index is 0.0144. The zero-order valence-corrected chi connectivity index (χ0v) is 16.0. The first-order valence-electron chi connectivity index (χ1n) is 9.38. The smallest absolute Gasteiger partial charge is 0.310 e. The Hall–Kier alpha value is -1.89. The number of nitrogens with zero attached hydrogens (tertiary/aromatic N) is 2. The van der Waals surface area contributed by atoms with Gasteiger partial charge in [-0.25, -0.2) is 0 Å². The van der Waals surface area contributed by atoms with E-state index >= 15 is 0 Å². The zero-order valence-electron chi connectivity index (χ0n) is 15.2. The van der Waals surface area contributed by atoms with Crippen LogP contribution >= 0.6 is 11.3 Å². The maximum absolute atomic E-state index is 13.0. The Morgan fingerprint density at radius 1 is 1.12 bits per heavy atom. The van der Waals surface area contributed by atoms with Crippen LogP contribution in [0.3, 0.4) is 0 Å². The van der Waals surface area contributed by atoms with Gasteiger partial charge in [-0.05, 0) is 44.1 Å². The van der Waals surface area contributed by atoms with Gasteiger partial charge in [0.05, 0.1) is 23.3 Å². The van der Waals surface area contributed by atoms with Crippen molar-refractivity contribution in [1.29, 1.82) is 0 Å². The van der Waals surface area contributed by atoms with E-state index in [4.69, 9.17) is 4.74 Å². The number of amides is 2. The average Bonchev–Trinajstić information content (AvgIpc) is 3.22. The Morgan fingerprint density at radius 2 is 1.81 bits per heavy atom. The van der Waals surface area contributed by atoms with Gasteiger partial charge in [0.1, 0.15) is 0 Å². The molecule has 142 valence electrons. The second-order valence-corrected chi connectivity index (χ2v) is 7.89. The number of esters is 1. The van der Waals surface area contributed by atoms with Crippen molar-refractivity contribution in [2.24, 2.45) is 11.8 Å². The molecule has 2 fully saturated rings. The van der Waals surface area contributed by atoms with Crippen LogP contribution in [0.1, 0.15) is 42.3 Å². The van der Waals surface area contributed by atoms with Crippen molar-refractivity contribution in [3.8, 4) is 0 Å². The van der Waals surface area contributed by atoms with E-state index < -0.39 is 0 Å². The molecule has 2 saturated heterocycles. The lowest BCUT2D eigenvalue weighted by atomic mass is 9.93. The molecule has 0 spiro atoms. The molecule has 6 nitrogen and oxygen atoms in total. The third-order valence-electron chi connectivity index (χ3n) is 5.14. The fraction of sp³-hybridized carbons (Fsp3) is 0.632. The summed E-state index contributed by atoms with van der Waals surface area (Å²) in [5.74, 6) is -0.514. The van der Waals surface area contributed by atoms with Gasteiger partial charge in [0.2, 0.25) is 5.91 Å². The van der Waals surface area contributed by atoms with E-state index in [-0.39, 0.29) is 29.6 Å². The Balaban J connectivity index is 1.60. The Labute approximate surface area is 158 Å². The molecule has 3 rings (SSSR count). The topological polar surface area (TPSA) is 66.9 Å². The Bertz CT molecular complexity index is 646. The third kappa shape index (κ3) is 4.26. The third-order valence-corrected chi connectivity index (χ3v) is 6.00. The number of carbonyl (C=O) groups is 3. The molecule has 2 amide bonds. The van der Waals surface area contributed by atoms with Crippen LogP contribution in [0.25, 0.3) is 0 Å². The standard InChI is InChI=1S/C19H26N2O4S/c1-2-25-19(24)15-7-4-9-20(13-15)17(22)14-6-3-10-21(12-14)18(23)16-8-5-11-26-16/h5,8,11,14-15H,2-4,6-7,9-10,12-13H2,1H3. The number of thiophene rings is 1. The second kappa shape index (κ2) is 8.66. The lowest BCUT2D eigenvalue weighted by molar-refractivity contribution is -0.152. The van der Waals surface area contributed by atoms with Crippen molar-refractivity contribution >= 4 is 29.1 Å². The maximum atomic E-state index is 13.0. The van der Waals surface area contributed by atoms with Crippen molar-refractivity contribution in [2.45, 2.75) is 32.6 Å². The molecular weight excluding hydrogens is 352 g/mol. The summed E-state index contributed by atoms with van der Waals surface area (Å²) in [6, 6.07) is 3.70. The van der Waals surface area contributed by atoms with Gasteiger partial charge in [-0.3, -0.25) is 14.4 Å². The predicted octanol–water partition coefficient (Wildman–Crippen LogP) is 2.40. The number of hydrogen-bond acceptors (Lipinski definition) is 5. The largest absolute Gasteiger partial charge is 0.466 e. The fourth-order valence-electron chi connectivity index (χ4n) is 3.81. The van der Waals surface area contributed by atoms with Gasteiger partial charge in [-0.1, -0.05) is 6.07 Å². The summed E-state index contributed by atoms with van der Waals surface area (Å²) in [6.45, 7) is 4.45. The first kappa shape index (κ1) is 18.9. The first-order chi connectivity index (χ1) is 12.6. The summed E-state index contributed by atoms with van der Waals surface area (Å²) < 4.78 is 5.12. The quantitative estimate of drug-likeness (QED) is 0.755. The van der Waals surface area contributed by atoms with Crippen molar-refractivity contribution in [3.63, 3.8) is 0 Å². The summed E-state index contributed by atoms with van der Waals surface area (Å²) in [7, 11) is 0. The number of likely N-dealkylation sites (tertiary alicyclic amines) is 2. The molecule has 26 heavy (non-hydrogen) atoms. The van der Waals surface area contributed by atoms with E-state index in [2.05, 4.69) is 0 Å². The van der Waals surface area contributed by atoms with Crippen LogP contribution in [0, 0.1) is 11.8 Å². The molecule has 7 heteroatoms. The van der Waals surface area contributed by atoms with Gasteiger partial charge in [0.15, 0.2) is 0 Å². The van der Waals surface area contributed by atoms with E-state index in [0.717, 1.165) is 30.6 Å². The highest BCUT2D eigenvalue weighted by Crippen LogP contribution is 2.25. The van der Waals surface area contributed by atoms with Gasteiger partial charge in [0.25, 0.3) is 5.91 Å². The number of rotatable bonds is 4. The lowest BCUT2D eigenvalue weighted by Crippen LogP contribution is -2.50. The van der Waals surface area contributed by atoms with Crippen molar-refractivity contribution in [1.82, 2.24) is 9.80 Å². The monoisotopic (exact) mass is 378 g/mol. The van der Waals surface area contributed by atoms with Gasteiger partial charge in [-0.15, -0.1) is 11.3 Å². The van der Waals surface area contributed by atoms with E-state index in [1.54, 1.807) is 16.7 Å². The van der Waals surface area contributed by atoms with Crippen molar-refractivity contribution in [2.75, 3.05) is 32.8 Å². The van der Waals surface area contributed by atoms with Gasteiger partial charge < -0.3 is 14.5 Å². The van der Waals surface area contributed by atoms with Crippen LogP contribution in [0.5, 0.6) is 0 Å². The Morgan fingerprint density at radius 3 is 2.50 bits per heavy atom. The summed E-state index contributed by atoms with van der Waals surface area (Å²) >= 11 is 1.43. The molecule has 0 bridgehead atoms. The molecule has 0 aliphatic carbocycles. The SMILES string of the molecule is CCOC(=O)C1CCCN(C(=O)C2CCCN(C(=O)c3cccs3)C2)C1. The van der Waals surface area contributed by atoms with Gasteiger partial charge in [0, 0.05) is 26.2 Å². The van der Waals surface area contributed by atoms with Gasteiger partial charge in [-0.2, -0.15) is 0 Å². The van der Waals surface area contributed by atoms with Crippen LogP contribution in [0.4, 0.5) is 0 Å². The lowest BCUT2D eigenvalue weighted by Gasteiger charge is -2.37. The molecule has 2 aliphatic heterocycles. The molecule has 1 aromatic heterocycles. The van der Waals surface area contributed by atoms with E-state index in [1.807, 2.05) is 17.5 Å². The van der Waals surface area contributed by atoms with Crippen LogP contribution in [0.15, 0.2) is 17.5 Å². The number of hydrogen-bond donors (Lipinski definition) is 0. The molecule has 0 saturated carbocycles. The maximum Gasteiger partial charge on any atom is 0.310 e. The molecule has 2 atom stereocenters. The fourth-order valence-corrected chi connectivity index (χ4v) is 4.50. The van der Waals surface area contributed by atoms with E-state index in [0.29, 0.717) is 32.8 Å². The summed E-state index contributed by atoms with van der Waals surface area (Å²) in [5.41, 5.74) is 0. The molecule has 2 unspecified atom stereocenters. The number of ether oxygens (including phenoxy) is 1. The van der Waals surface area contributed by atoms with Crippen LogP contribution in [-0.2, 0) is 14.3 Å². The van der Waals surface area contributed by atoms with Crippen molar-refractivity contribution < 1.29 is 19.1 Å². The highest BCUT2D eigenvalue weighted by Gasteiger charge is 2.35. The highest BCUT2D eigenvalue weighted by molar-refractivity contribution is 7.12. The summed E-state index contributed by atoms with van der Waals surface area (Å²) in [4.78, 5) is 41.9. The average molecular weight is 378 g/mol. The second-order valence-electron chi connectivity index (χ2n) is 6.94. The van der Waals surface area contributed by atoms with E-state index in [1.165, 1.54) is 11.3 Å². The first-order valence-corrected chi connectivity index (χ1v) is 10.3. The van der Waals surface area contributed by atoms with Crippen LogP contribution < -0.4 is 0 Å². The minimum atomic E-state index is -0.222. The van der Waals surface area contributed by atoms with Crippen LogP contribution in [-0.4, -0.2) is 60.4 Å². The van der Waals surface area contributed by atoms with Crippen molar-refractivity contribution in [3.05, 3.63) is 22.4 Å². The Kier molecular flexibility index (Phi) is 6.29. The molecule has 0 aromatic carbocycles. The molecule has 0 radical (unpaired) electrons. The molecule has 1 aromatic rings. The molecular formula is C19H26N2O4S. The molecule has 2 aliphatic rings.